The molecule has 0 aromatic carbocycles. The summed E-state index contributed by atoms with van der Waals surface area (Å²) in [6.07, 6.45) is 6.67. The molecule has 7 nitrogen and oxygen atoms in total. The number of aliphatic hydroxyl groups is 2. The van der Waals surface area contributed by atoms with E-state index in [-0.39, 0.29) is 12.3 Å². The molecule has 0 spiro atoms. The van der Waals surface area contributed by atoms with Gasteiger partial charge in [0.25, 0.3) is 0 Å². The van der Waals surface area contributed by atoms with Crippen LogP contribution in [0.15, 0.2) is 0 Å². The van der Waals surface area contributed by atoms with Crippen LogP contribution < -0.4 is 10.6 Å². The van der Waals surface area contributed by atoms with Crippen molar-refractivity contribution in [3.63, 3.8) is 0 Å². The third-order valence-electron chi connectivity index (χ3n) is 5.95. The van der Waals surface area contributed by atoms with Crippen molar-refractivity contribution < 1.29 is 24.5 Å². The van der Waals surface area contributed by atoms with Crippen molar-refractivity contribution in [2.45, 2.75) is 123 Å². The third kappa shape index (κ3) is 11.2. The van der Waals surface area contributed by atoms with Crippen molar-refractivity contribution in [3.8, 4) is 0 Å². The Morgan fingerprint density at radius 3 is 2.23 bits per heavy atom. The van der Waals surface area contributed by atoms with Gasteiger partial charge in [-0.2, -0.15) is 0 Å². The van der Waals surface area contributed by atoms with Crippen LogP contribution in [0.2, 0.25) is 0 Å². The molecule has 1 aliphatic carbocycles. The molecule has 0 aliphatic heterocycles. The highest BCUT2D eigenvalue weighted by atomic mass is 16.6. The van der Waals surface area contributed by atoms with Gasteiger partial charge in [-0.05, 0) is 59.8 Å². The fraction of sp³-hybridized carbons (Fsp3) is 0.917. The second kappa shape index (κ2) is 12.6. The first kappa shape index (κ1) is 27.7. The molecule has 0 saturated heterocycles. The molecular formula is C24H46N2O5. The van der Waals surface area contributed by atoms with Crippen LogP contribution in [0.3, 0.4) is 0 Å². The minimum Gasteiger partial charge on any atom is -0.444 e. The van der Waals surface area contributed by atoms with Crippen molar-refractivity contribution in [2.24, 2.45) is 11.8 Å². The average molecular weight is 443 g/mol. The van der Waals surface area contributed by atoms with Gasteiger partial charge in [0.2, 0.25) is 5.91 Å². The van der Waals surface area contributed by atoms with Gasteiger partial charge in [-0.25, -0.2) is 4.79 Å². The highest BCUT2D eigenvalue weighted by Crippen LogP contribution is 2.30. The van der Waals surface area contributed by atoms with Gasteiger partial charge in [0.1, 0.15) is 5.60 Å². The van der Waals surface area contributed by atoms with E-state index in [1.165, 1.54) is 6.42 Å². The van der Waals surface area contributed by atoms with Crippen molar-refractivity contribution in [2.75, 3.05) is 6.54 Å². The first-order valence-corrected chi connectivity index (χ1v) is 12.0. The van der Waals surface area contributed by atoms with Gasteiger partial charge in [-0.1, -0.05) is 45.4 Å². The van der Waals surface area contributed by atoms with Crippen LogP contribution in [0.25, 0.3) is 0 Å². The zero-order valence-electron chi connectivity index (χ0n) is 20.5. The molecule has 0 heterocycles. The number of alkyl carbamates (subject to hydrolysis) is 1. The number of aliphatic hydroxyl groups excluding tert-OH is 1. The van der Waals surface area contributed by atoms with Gasteiger partial charge in [0.15, 0.2) is 0 Å². The number of rotatable bonds is 11. The quantitative estimate of drug-likeness (QED) is 0.363. The van der Waals surface area contributed by atoms with Crippen molar-refractivity contribution in [3.05, 3.63) is 0 Å². The molecular weight excluding hydrogens is 396 g/mol. The maximum Gasteiger partial charge on any atom is 0.407 e. The van der Waals surface area contributed by atoms with Crippen LogP contribution in [0.4, 0.5) is 4.79 Å². The molecule has 2 amide bonds. The summed E-state index contributed by atoms with van der Waals surface area (Å²) < 4.78 is 5.40. The molecule has 0 aromatic rings. The molecule has 1 fully saturated rings. The van der Waals surface area contributed by atoms with E-state index in [2.05, 4.69) is 10.6 Å². The van der Waals surface area contributed by atoms with Gasteiger partial charge < -0.3 is 25.6 Å². The van der Waals surface area contributed by atoms with Gasteiger partial charge in [0.05, 0.1) is 23.7 Å². The summed E-state index contributed by atoms with van der Waals surface area (Å²) in [6, 6.07) is -0.536. The number of carbonyl (C=O) groups is 2. The number of hydrogen-bond acceptors (Lipinski definition) is 5. The highest BCUT2D eigenvalue weighted by molar-refractivity contribution is 5.79. The van der Waals surface area contributed by atoms with Crippen molar-refractivity contribution >= 4 is 12.0 Å². The summed E-state index contributed by atoms with van der Waals surface area (Å²) in [5.41, 5.74) is -1.93. The fourth-order valence-corrected chi connectivity index (χ4v) is 4.19. The summed E-state index contributed by atoms with van der Waals surface area (Å²) >= 11 is 0. The van der Waals surface area contributed by atoms with E-state index >= 15 is 0 Å². The Labute approximate surface area is 188 Å². The molecule has 7 heteroatoms. The van der Waals surface area contributed by atoms with Crippen LogP contribution in [-0.4, -0.2) is 52.1 Å². The number of hydrogen-bond donors (Lipinski definition) is 4. The molecule has 31 heavy (non-hydrogen) atoms. The minimum absolute atomic E-state index is 0.0641. The predicted molar refractivity (Wildman–Crippen MR) is 123 cm³/mol. The molecule has 0 unspecified atom stereocenters. The molecule has 182 valence electrons. The Balaban J connectivity index is 2.90. The Hall–Kier alpha value is -1.34. The molecule has 0 aromatic heterocycles. The summed E-state index contributed by atoms with van der Waals surface area (Å²) in [5, 5.41) is 27.4. The van der Waals surface area contributed by atoms with Crippen LogP contribution in [-0.2, 0) is 9.53 Å². The van der Waals surface area contributed by atoms with E-state index in [1.54, 1.807) is 34.6 Å². The average Bonchev–Trinajstić information content (AvgIpc) is 2.63. The lowest BCUT2D eigenvalue weighted by Gasteiger charge is -2.35. The SMILES string of the molecule is CCCCNC(=O)[C@@H](C[C@H](O)[C@H](CC1CCCCC1)NC(=O)OC(C)(C)C)C(C)(C)O. The summed E-state index contributed by atoms with van der Waals surface area (Å²) in [6.45, 7) is 11.1. The van der Waals surface area contributed by atoms with E-state index in [0.717, 1.165) is 38.5 Å². The second-order valence-corrected chi connectivity index (χ2v) is 10.6. The summed E-state index contributed by atoms with van der Waals surface area (Å²) in [7, 11) is 0. The number of ether oxygens (including phenoxy) is 1. The molecule has 1 aliphatic rings. The number of unbranched alkanes of at least 4 members (excludes halogenated alkanes) is 1. The van der Waals surface area contributed by atoms with E-state index in [4.69, 9.17) is 4.74 Å². The standard InChI is InChI=1S/C24H46N2O5/c1-7-8-14-25-21(28)18(24(5,6)30)16-20(27)19(15-17-12-10-9-11-13-17)26-22(29)31-23(2,3)4/h17-20,27,30H,7-16H2,1-6H3,(H,25,28)(H,26,29)/t18-,19+,20+/m1/s1. The van der Waals surface area contributed by atoms with Crippen LogP contribution >= 0.6 is 0 Å². The molecule has 4 N–H and O–H groups in total. The Bertz CT molecular complexity index is 547. The first-order valence-electron chi connectivity index (χ1n) is 12.0. The van der Waals surface area contributed by atoms with Gasteiger partial charge in [-0.3, -0.25) is 4.79 Å². The normalized spacial score (nSPS) is 18.7. The Morgan fingerprint density at radius 1 is 1.10 bits per heavy atom. The van der Waals surface area contributed by atoms with Crippen LogP contribution in [0, 0.1) is 11.8 Å². The smallest absolute Gasteiger partial charge is 0.407 e. The lowest BCUT2D eigenvalue weighted by molar-refractivity contribution is -0.135. The van der Waals surface area contributed by atoms with E-state index in [0.29, 0.717) is 18.9 Å². The van der Waals surface area contributed by atoms with Crippen LogP contribution in [0.1, 0.15) is 99.3 Å². The van der Waals surface area contributed by atoms with Crippen molar-refractivity contribution in [1.29, 1.82) is 0 Å². The lowest BCUT2D eigenvalue weighted by Crippen LogP contribution is -2.51. The minimum atomic E-state index is -1.29. The zero-order chi connectivity index (χ0) is 23.7. The Kier molecular flexibility index (Phi) is 11.3. The summed E-state index contributed by atoms with van der Waals surface area (Å²) in [5.74, 6) is -0.635. The number of nitrogens with one attached hydrogen (secondary N) is 2. The lowest BCUT2D eigenvalue weighted by atomic mass is 9.80. The zero-order valence-corrected chi connectivity index (χ0v) is 20.5. The first-order chi connectivity index (χ1) is 14.3. The van der Waals surface area contributed by atoms with E-state index in [9.17, 15) is 19.8 Å². The van der Waals surface area contributed by atoms with Crippen LogP contribution in [0.5, 0.6) is 0 Å². The van der Waals surface area contributed by atoms with Gasteiger partial charge >= 0.3 is 6.09 Å². The van der Waals surface area contributed by atoms with Gasteiger partial charge in [0, 0.05) is 6.54 Å². The Morgan fingerprint density at radius 2 is 1.71 bits per heavy atom. The molecule has 1 rings (SSSR count). The molecule has 0 radical (unpaired) electrons. The number of amides is 2. The van der Waals surface area contributed by atoms with Crippen molar-refractivity contribution in [1.82, 2.24) is 10.6 Å². The molecule has 0 bridgehead atoms. The molecule has 3 atom stereocenters. The third-order valence-corrected chi connectivity index (χ3v) is 5.95. The van der Waals surface area contributed by atoms with Gasteiger partial charge in [-0.15, -0.1) is 0 Å². The van der Waals surface area contributed by atoms with E-state index < -0.39 is 35.4 Å². The second-order valence-electron chi connectivity index (χ2n) is 10.6. The largest absolute Gasteiger partial charge is 0.444 e. The molecule has 1 saturated carbocycles. The monoisotopic (exact) mass is 442 g/mol. The maximum atomic E-state index is 12.7. The highest BCUT2D eigenvalue weighted by Gasteiger charge is 2.38. The summed E-state index contributed by atoms with van der Waals surface area (Å²) in [4.78, 5) is 25.2. The maximum absolute atomic E-state index is 12.7. The fourth-order valence-electron chi connectivity index (χ4n) is 4.19. The predicted octanol–water partition coefficient (Wildman–Crippen LogP) is 3.90. The number of carbonyl (C=O) groups excluding carboxylic acids is 2. The van der Waals surface area contributed by atoms with E-state index in [1.807, 2.05) is 6.92 Å². The topological polar surface area (TPSA) is 108 Å².